The van der Waals surface area contributed by atoms with Crippen molar-refractivity contribution in [2.45, 2.75) is 96.0 Å². The van der Waals surface area contributed by atoms with Gasteiger partial charge in [-0.1, -0.05) is 24.3 Å². The number of rotatable bonds is 11. The summed E-state index contributed by atoms with van der Waals surface area (Å²) >= 11 is 1.47. The van der Waals surface area contributed by atoms with Gasteiger partial charge in [-0.3, -0.25) is 19.3 Å². The van der Waals surface area contributed by atoms with Gasteiger partial charge in [0.2, 0.25) is 17.7 Å². The van der Waals surface area contributed by atoms with Gasteiger partial charge in [0.25, 0.3) is 0 Å². The lowest BCUT2D eigenvalue weighted by Gasteiger charge is -2.32. The number of unbranched alkanes of at least 4 members (excludes halogenated alkanes) is 1. The standard InChI is InChI=1S/C30H45N5O7S/c1-19(34(5)29(41)42-30(2,3)4)25(36)33-23(14-8-9-16-31-28(39)40)27(38)35-18-43-17-24(35)26(37)32-22-15-10-12-20-11-6-7-13-21(20)22/h6-7,11,13,19,22-24,31H,8-10,12,14-18H2,1-5H3,(H,32,37)(H,33,36)(H,39,40). The van der Waals surface area contributed by atoms with Crippen LogP contribution in [0.25, 0.3) is 0 Å². The summed E-state index contributed by atoms with van der Waals surface area (Å²) in [5, 5.41) is 17.1. The Hall–Kier alpha value is -3.48. The predicted octanol–water partition coefficient (Wildman–Crippen LogP) is 3.26. The Kier molecular flexibility index (Phi) is 12.1. The van der Waals surface area contributed by atoms with Gasteiger partial charge in [0.15, 0.2) is 0 Å². The second-order valence-corrected chi connectivity index (χ2v) is 13.0. The van der Waals surface area contributed by atoms with Crippen molar-refractivity contribution in [1.82, 2.24) is 25.8 Å². The second-order valence-electron chi connectivity index (χ2n) is 12.0. The Morgan fingerprint density at radius 1 is 1.16 bits per heavy atom. The minimum Gasteiger partial charge on any atom is -0.465 e. The molecule has 0 spiro atoms. The third-order valence-electron chi connectivity index (χ3n) is 7.61. The maximum Gasteiger partial charge on any atom is 0.410 e. The summed E-state index contributed by atoms with van der Waals surface area (Å²) in [4.78, 5) is 66.7. The molecule has 13 heteroatoms. The lowest BCUT2D eigenvalue weighted by atomic mass is 9.87. The van der Waals surface area contributed by atoms with Gasteiger partial charge in [-0.15, -0.1) is 11.8 Å². The predicted molar refractivity (Wildman–Crippen MR) is 163 cm³/mol. The maximum atomic E-state index is 13.9. The summed E-state index contributed by atoms with van der Waals surface area (Å²) in [5.74, 6) is -0.414. The number of carbonyl (C=O) groups excluding carboxylic acids is 4. The summed E-state index contributed by atoms with van der Waals surface area (Å²) in [5.41, 5.74) is 1.58. The Balaban J connectivity index is 1.70. The second kappa shape index (κ2) is 15.3. The molecule has 1 aliphatic carbocycles. The maximum absolute atomic E-state index is 13.9. The highest BCUT2D eigenvalue weighted by molar-refractivity contribution is 7.99. The van der Waals surface area contributed by atoms with Gasteiger partial charge in [-0.05, 0) is 77.3 Å². The molecule has 1 saturated heterocycles. The van der Waals surface area contributed by atoms with Gasteiger partial charge in [-0.2, -0.15) is 0 Å². The zero-order valence-corrected chi connectivity index (χ0v) is 26.5. The number of nitrogens with zero attached hydrogens (tertiary/aromatic N) is 2. The summed E-state index contributed by atoms with van der Waals surface area (Å²) in [7, 11) is 1.45. The van der Waals surface area contributed by atoms with Crippen LogP contribution in [0.1, 0.15) is 77.0 Å². The van der Waals surface area contributed by atoms with E-state index in [1.807, 2.05) is 18.2 Å². The number of nitrogens with one attached hydrogen (secondary N) is 3. The number of hydrogen-bond acceptors (Lipinski definition) is 7. The summed E-state index contributed by atoms with van der Waals surface area (Å²) in [6.45, 7) is 6.93. The van der Waals surface area contributed by atoms with Crippen molar-refractivity contribution in [2.24, 2.45) is 0 Å². The van der Waals surface area contributed by atoms with Crippen LogP contribution < -0.4 is 16.0 Å². The molecule has 1 aliphatic heterocycles. The smallest absolute Gasteiger partial charge is 0.410 e. The van der Waals surface area contributed by atoms with E-state index in [2.05, 4.69) is 22.0 Å². The van der Waals surface area contributed by atoms with Crippen LogP contribution in [0.3, 0.4) is 0 Å². The van der Waals surface area contributed by atoms with Crippen LogP contribution >= 0.6 is 11.8 Å². The fourth-order valence-electron chi connectivity index (χ4n) is 5.14. The van der Waals surface area contributed by atoms with Crippen LogP contribution in [-0.2, 0) is 25.5 Å². The quantitative estimate of drug-likeness (QED) is 0.275. The van der Waals surface area contributed by atoms with Gasteiger partial charge in [0.05, 0.1) is 11.9 Å². The van der Waals surface area contributed by atoms with Crippen molar-refractivity contribution in [1.29, 1.82) is 0 Å². The fraction of sp³-hybridized carbons (Fsp3) is 0.633. The van der Waals surface area contributed by atoms with E-state index in [1.54, 1.807) is 27.7 Å². The number of fused-ring (bicyclic) bond motifs is 1. The molecule has 0 saturated carbocycles. The zero-order valence-electron chi connectivity index (χ0n) is 25.7. The van der Waals surface area contributed by atoms with Gasteiger partial charge < -0.3 is 30.7 Å². The molecule has 1 heterocycles. The molecule has 1 aromatic rings. The van der Waals surface area contributed by atoms with Crippen molar-refractivity contribution in [3.8, 4) is 0 Å². The van der Waals surface area contributed by atoms with E-state index in [0.29, 0.717) is 24.5 Å². The van der Waals surface area contributed by atoms with Crippen LogP contribution in [0.5, 0.6) is 0 Å². The van der Waals surface area contributed by atoms with Gasteiger partial charge >= 0.3 is 12.2 Å². The summed E-state index contributed by atoms with van der Waals surface area (Å²) < 4.78 is 5.37. The molecule has 12 nitrogen and oxygen atoms in total. The Morgan fingerprint density at radius 2 is 1.88 bits per heavy atom. The van der Waals surface area contributed by atoms with Crippen LogP contribution in [0, 0.1) is 0 Å². The number of aryl methyl sites for hydroxylation is 1. The molecule has 43 heavy (non-hydrogen) atoms. The van der Waals surface area contributed by atoms with Crippen LogP contribution in [0.15, 0.2) is 24.3 Å². The SMILES string of the molecule is CC(C(=O)NC(CCCCNC(=O)O)C(=O)N1CSCC1C(=O)NC1CCCc2ccccc21)N(C)C(=O)OC(C)(C)C. The van der Waals surface area contributed by atoms with Gasteiger partial charge in [-0.25, -0.2) is 9.59 Å². The number of carboxylic acid groups (broad SMARTS) is 1. The topological polar surface area (TPSA) is 157 Å². The number of benzene rings is 1. The highest BCUT2D eigenvalue weighted by atomic mass is 32.2. The largest absolute Gasteiger partial charge is 0.465 e. The molecule has 1 aromatic carbocycles. The molecular weight excluding hydrogens is 574 g/mol. The minimum absolute atomic E-state index is 0.124. The van der Waals surface area contributed by atoms with Crippen molar-refractivity contribution in [3.63, 3.8) is 0 Å². The Morgan fingerprint density at radius 3 is 2.58 bits per heavy atom. The van der Waals surface area contributed by atoms with Crippen molar-refractivity contribution in [2.75, 3.05) is 25.2 Å². The monoisotopic (exact) mass is 619 g/mol. The third kappa shape index (κ3) is 9.77. The molecule has 4 atom stereocenters. The third-order valence-corrected chi connectivity index (χ3v) is 8.62. The van der Waals surface area contributed by atoms with Crippen molar-refractivity contribution < 1.29 is 33.8 Å². The van der Waals surface area contributed by atoms with E-state index in [1.165, 1.54) is 34.2 Å². The summed E-state index contributed by atoms with van der Waals surface area (Å²) in [6, 6.07) is 5.36. The molecule has 2 aliphatic rings. The van der Waals surface area contributed by atoms with Crippen LogP contribution in [-0.4, -0.2) is 93.8 Å². The molecule has 4 unspecified atom stereocenters. The Bertz CT molecular complexity index is 1170. The first-order valence-electron chi connectivity index (χ1n) is 14.8. The molecule has 4 N–H and O–H groups in total. The summed E-state index contributed by atoms with van der Waals surface area (Å²) in [6.07, 6.45) is 2.09. The van der Waals surface area contributed by atoms with E-state index in [-0.39, 0.29) is 30.8 Å². The fourth-order valence-corrected chi connectivity index (χ4v) is 6.30. The molecule has 5 amide bonds. The number of ether oxygens (including phenoxy) is 1. The number of amides is 5. The molecule has 0 radical (unpaired) electrons. The van der Waals surface area contributed by atoms with Crippen molar-refractivity contribution >= 4 is 41.7 Å². The molecule has 0 bridgehead atoms. The molecular formula is C30H45N5O7S. The molecule has 1 fully saturated rings. The average Bonchev–Trinajstić information content (AvgIpc) is 3.44. The number of thioether (sulfide) groups is 1. The van der Waals surface area contributed by atoms with Crippen molar-refractivity contribution in [3.05, 3.63) is 35.4 Å². The van der Waals surface area contributed by atoms with Gasteiger partial charge in [0.1, 0.15) is 23.7 Å². The van der Waals surface area contributed by atoms with Crippen LogP contribution in [0.2, 0.25) is 0 Å². The highest BCUT2D eigenvalue weighted by Gasteiger charge is 2.40. The van der Waals surface area contributed by atoms with Gasteiger partial charge in [0, 0.05) is 19.3 Å². The first kappa shape index (κ1) is 34.0. The normalized spacial score (nSPS) is 19.4. The van der Waals surface area contributed by atoms with Crippen LogP contribution in [0.4, 0.5) is 9.59 Å². The van der Waals surface area contributed by atoms with E-state index in [0.717, 1.165) is 24.8 Å². The first-order valence-corrected chi connectivity index (χ1v) is 15.9. The lowest BCUT2D eigenvalue weighted by molar-refractivity contribution is -0.142. The number of hydrogen-bond donors (Lipinski definition) is 4. The van der Waals surface area contributed by atoms with E-state index in [4.69, 9.17) is 9.84 Å². The highest BCUT2D eigenvalue weighted by Crippen LogP contribution is 2.30. The Labute approximate surface area is 257 Å². The van der Waals surface area contributed by atoms with E-state index in [9.17, 15) is 24.0 Å². The molecule has 0 aromatic heterocycles. The minimum atomic E-state index is -1.14. The molecule has 238 valence electrons. The van der Waals surface area contributed by atoms with E-state index < -0.39 is 41.8 Å². The number of likely N-dealkylation sites (N-methyl/N-ethyl adjacent to an activating group) is 1. The molecule has 3 rings (SSSR count). The lowest BCUT2D eigenvalue weighted by Crippen LogP contribution is -2.57. The average molecular weight is 620 g/mol. The van der Waals surface area contributed by atoms with E-state index >= 15 is 0 Å². The zero-order chi connectivity index (χ0) is 31.7. The number of carbonyl (C=O) groups is 5. The first-order chi connectivity index (χ1) is 20.3.